The lowest BCUT2D eigenvalue weighted by Gasteiger charge is -2.17. The van der Waals surface area contributed by atoms with Crippen LogP contribution in [0.5, 0.6) is 0 Å². The van der Waals surface area contributed by atoms with Crippen LogP contribution in [0, 0.1) is 6.92 Å². The molecule has 1 heterocycles. The third-order valence-corrected chi connectivity index (χ3v) is 2.32. The fourth-order valence-electron chi connectivity index (χ4n) is 1.42. The van der Waals surface area contributed by atoms with E-state index in [1.165, 1.54) is 12.3 Å². The predicted molar refractivity (Wildman–Crippen MR) is 58.9 cm³/mol. The summed E-state index contributed by atoms with van der Waals surface area (Å²) in [6.07, 6.45) is -2.27. The number of ether oxygens (including phenoxy) is 1. The normalized spacial score (nSPS) is 13.8. The van der Waals surface area contributed by atoms with Crippen molar-refractivity contribution >= 4 is 11.9 Å². The van der Waals surface area contributed by atoms with Crippen molar-refractivity contribution in [2.75, 3.05) is 7.11 Å². The summed E-state index contributed by atoms with van der Waals surface area (Å²) in [6.45, 7) is 1.64. The second-order valence-corrected chi connectivity index (χ2v) is 3.67. The summed E-state index contributed by atoms with van der Waals surface area (Å²) in [6, 6.07) is 1.34. The molecule has 0 amide bonds. The quantitative estimate of drug-likeness (QED) is 0.630. The highest BCUT2D eigenvalue weighted by atomic mass is 16.5. The van der Waals surface area contributed by atoms with Crippen LogP contribution in [0.4, 0.5) is 0 Å². The van der Waals surface area contributed by atoms with Crippen LogP contribution in [0.15, 0.2) is 12.3 Å². The van der Waals surface area contributed by atoms with Crippen LogP contribution >= 0.6 is 0 Å². The first-order valence-electron chi connectivity index (χ1n) is 5.02. The fourth-order valence-corrected chi connectivity index (χ4v) is 1.42. The van der Waals surface area contributed by atoms with Gasteiger partial charge in [0.25, 0.3) is 0 Å². The van der Waals surface area contributed by atoms with E-state index in [9.17, 15) is 19.8 Å². The molecule has 7 nitrogen and oxygen atoms in total. The number of pyridine rings is 1. The maximum Gasteiger partial charge on any atom is 0.354 e. The van der Waals surface area contributed by atoms with Gasteiger partial charge in [0, 0.05) is 11.8 Å². The summed E-state index contributed by atoms with van der Waals surface area (Å²) >= 11 is 0. The van der Waals surface area contributed by atoms with E-state index < -0.39 is 29.8 Å². The highest BCUT2D eigenvalue weighted by molar-refractivity contribution is 5.87. The smallest absolute Gasteiger partial charge is 0.354 e. The van der Waals surface area contributed by atoms with Crippen molar-refractivity contribution in [3.8, 4) is 0 Å². The second-order valence-electron chi connectivity index (χ2n) is 3.67. The van der Waals surface area contributed by atoms with Crippen molar-refractivity contribution in [3.63, 3.8) is 0 Å². The zero-order chi connectivity index (χ0) is 13.9. The molecule has 0 fully saturated rings. The zero-order valence-electron chi connectivity index (χ0n) is 9.82. The third kappa shape index (κ3) is 2.82. The number of carboxylic acids is 1. The molecule has 7 heteroatoms. The van der Waals surface area contributed by atoms with Crippen LogP contribution < -0.4 is 0 Å². The van der Waals surface area contributed by atoms with Crippen LogP contribution in [0.1, 0.15) is 27.7 Å². The van der Waals surface area contributed by atoms with Crippen LogP contribution in [0.25, 0.3) is 0 Å². The Balaban J connectivity index is 3.18. The largest absolute Gasteiger partial charge is 0.477 e. The number of aliphatic hydroxyl groups excluding tert-OH is 2. The molecule has 98 valence electrons. The fraction of sp³-hybridized carbons (Fsp3) is 0.364. The number of hydrogen-bond acceptors (Lipinski definition) is 6. The maximum atomic E-state index is 11.1. The number of aromatic carboxylic acids is 1. The zero-order valence-corrected chi connectivity index (χ0v) is 9.82. The van der Waals surface area contributed by atoms with E-state index in [0.29, 0.717) is 5.56 Å². The van der Waals surface area contributed by atoms with Crippen LogP contribution in [-0.4, -0.2) is 45.5 Å². The molecule has 0 aromatic carbocycles. The number of aryl methyl sites for hydroxylation is 1. The predicted octanol–water partition coefficient (Wildman–Crippen LogP) is -0.344. The van der Waals surface area contributed by atoms with Crippen LogP contribution in [0.3, 0.4) is 0 Å². The Bertz CT molecular complexity index is 473. The van der Waals surface area contributed by atoms with Crippen LogP contribution in [0.2, 0.25) is 0 Å². The van der Waals surface area contributed by atoms with Crippen molar-refractivity contribution in [2.24, 2.45) is 0 Å². The number of aliphatic hydroxyl groups is 2. The first kappa shape index (κ1) is 14.1. The van der Waals surface area contributed by atoms with Gasteiger partial charge >= 0.3 is 11.9 Å². The molecule has 0 saturated carbocycles. The lowest BCUT2D eigenvalue weighted by atomic mass is 10.0. The van der Waals surface area contributed by atoms with Gasteiger partial charge < -0.3 is 20.1 Å². The molecule has 2 atom stereocenters. The molecule has 18 heavy (non-hydrogen) atoms. The minimum Gasteiger partial charge on any atom is -0.477 e. The lowest BCUT2D eigenvalue weighted by Crippen LogP contribution is -2.30. The van der Waals surface area contributed by atoms with Gasteiger partial charge in [0.1, 0.15) is 6.10 Å². The van der Waals surface area contributed by atoms with E-state index in [2.05, 4.69) is 9.72 Å². The molecule has 0 bridgehead atoms. The van der Waals surface area contributed by atoms with Gasteiger partial charge in [0.05, 0.1) is 7.11 Å². The summed E-state index contributed by atoms with van der Waals surface area (Å²) in [5.74, 6) is -2.42. The number of carbonyl (C=O) groups is 2. The van der Waals surface area contributed by atoms with Gasteiger partial charge in [0.2, 0.25) is 0 Å². The average Bonchev–Trinajstić information content (AvgIpc) is 2.35. The molecule has 0 radical (unpaired) electrons. The maximum absolute atomic E-state index is 11.1. The van der Waals surface area contributed by atoms with Gasteiger partial charge in [-0.2, -0.15) is 0 Å². The van der Waals surface area contributed by atoms with Gasteiger partial charge in [-0.1, -0.05) is 0 Å². The van der Waals surface area contributed by atoms with Crippen molar-refractivity contribution in [1.82, 2.24) is 4.98 Å². The Kier molecular flexibility index (Phi) is 4.35. The molecule has 0 aliphatic carbocycles. The molecular weight excluding hydrogens is 242 g/mol. The Morgan fingerprint density at radius 1 is 1.39 bits per heavy atom. The van der Waals surface area contributed by atoms with E-state index in [4.69, 9.17) is 5.11 Å². The lowest BCUT2D eigenvalue weighted by molar-refractivity contribution is -0.156. The molecule has 0 saturated heterocycles. The molecule has 0 aliphatic rings. The minimum atomic E-state index is -1.86. The first-order chi connectivity index (χ1) is 8.38. The summed E-state index contributed by atoms with van der Waals surface area (Å²) in [5.41, 5.74) is 0.0302. The van der Waals surface area contributed by atoms with Gasteiger partial charge in [0.15, 0.2) is 11.8 Å². The van der Waals surface area contributed by atoms with E-state index in [1.807, 2.05) is 0 Å². The van der Waals surface area contributed by atoms with E-state index >= 15 is 0 Å². The number of carbonyl (C=O) groups excluding carboxylic acids is 1. The molecule has 1 rings (SSSR count). The van der Waals surface area contributed by atoms with Gasteiger partial charge in [-0.3, -0.25) is 0 Å². The van der Waals surface area contributed by atoms with Crippen molar-refractivity contribution in [3.05, 3.63) is 29.1 Å². The van der Waals surface area contributed by atoms with E-state index in [0.717, 1.165) is 7.11 Å². The third-order valence-electron chi connectivity index (χ3n) is 2.32. The molecule has 1 aromatic rings. The Hall–Kier alpha value is -1.99. The van der Waals surface area contributed by atoms with Gasteiger partial charge in [-0.25, -0.2) is 14.6 Å². The number of carboxylic acid groups (broad SMARTS) is 1. The molecule has 2 unspecified atom stereocenters. The Labute approximate surface area is 103 Å². The number of aromatic nitrogens is 1. The van der Waals surface area contributed by atoms with E-state index in [1.54, 1.807) is 6.92 Å². The average molecular weight is 255 g/mol. The minimum absolute atomic E-state index is 0.139. The second kappa shape index (κ2) is 5.56. The topological polar surface area (TPSA) is 117 Å². The Morgan fingerprint density at radius 2 is 2.00 bits per heavy atom. The summed E-state index contributed by atoms with van der Waals surface area (Å²) in [7, 11) is 1.05. The van der Waals surface area contributed by atoms with Crippen LogP contribution in [-0.2, 0) is 9.53 Å². The van der Waals surface area contributed by atoms with Gasteiger partial charge in [-0.05, 0) is 18.6 Å². The highest BCUT2D eigenvalue weighted by Crippen LogP contribution is 2.21. The Morgan fingerprint density at radius 3 is 2.50 bits per heavy atom. The molecule has 3 N–H and O–H groups in total. The molecule has 0 aliphatic heterocycles. The van der Waals surface area contributed by atoms with Gasteiger partial charge in [-0.15, -0.1) is 0 Å². The van der Waals surface area contributed by atoms with Crippen molar-refractivity contribution in [2.45, 2.75) is 19.1 Å². The number of hydrogen-bond donors (Lipinski definition) is 3. The van der Waals surface area contributed by atoms with Crippen molar-refractivity contribution in [1.29, 1.82) is 0 Å². The summed E-state index contributed by atoms with van der Waals surface area (Å²) in [4.78, 5) is 25.7. The van der Waals surface area contributed by atoms with E-state index in [-0.39, 0.29) is 5.56 Å². The number of rotatable bonds is 4. The standard InChI is InChI=1S/C11H13NO6/c1-5-3-6(7(10(15)16)12-4-5)8(13)9(14)11(17)18-2/h3-4,8-9,13-14H,1-2H3,(H,15,16). The summed E-state index contributed by atoms with van der Waals surface area (Å²) in [5, 5.41) is 28.2. The first-order valence-corrected chi connectivity index (χ1v) is 5.02. The SMILES string of the molecule is COC(=O)C(O)C(O)c1cc(C)cnc1C(=O)O. The molecular formula is C11H13NO6. The molecule has 0 spiro atoms. The number of nitrogens with zero attached hydrogens (tertiary/aromatic N) is 1. The number of methoxy groups -OCH3 is 1. The highest BCUT2D eigenvalue weighted by Gasteiger charge is 2.30. The number of esters is 1. The summed E-state index contributed by atoms with van der Waals surface area (Å²) < 4.78 is 4.27. The monoisotopic (exact) mass is 255 g/mol. The van der Waals surface area contributed by atoms with Crippen molar-refractivity contribution < 1.29 is 29.6 Å². The molecule has 1 aromatic heterocycles.